The van der Waals surface area contributed by atoms with Gasteiger partial charge in [0.15, 0.2) is 0 Å². The van der Waals surface area contributed by atoms with E-state index in [2.05, 4.69) is 36.5 Å². The highest BCUT2D eigenvalue weighted by atomic mass is 15.1. The Morgan fingerprint density at radius 3 is 2.82 bits per heavy atom. The Hall–Kier alpha value is -0.830. The molecule has 1 aromatic rings. The van der Waals surface area contributed by atoms with Gasteiger partial charge in [0, 0.05) is 24.9 Å². The number of rotatable bonds is 3. The van der Waals surface area contributed by atoms with E-state index >= 15 is 0 Å². The normalized spacial score (nSPS) is 33.9. The van der Waals surface area contributed by atoms with Gasteiger partial charge >= 0.3 is 0 Å². The maximum atomic E-state index is 6.37. The van der Waals surface area contributed by atoms with Crippen LogP contribution in [-0.2, 0) is 6.42 Å². The van der Waals surface area contributed by atoms with Crippen LogP contribution < -0.4 is 5.73 Å². The molecule has 0 amide bonds. The van der Waals surface area contributed by atoms with E-state index in [0.717, 1.165) is 25.2 Å². The SMILES string of the molecule is CCCc1nccn1C1C(C)CC(C)CC1N. The van der Waals surface area contributed by atoms with Crippen molar-refractivity contribution < 1.29 is 0 Å². The third-order valence-electron chi connectivity index (χ3n) is 4.01. The van der Waals surface area contributed by atoms with Crippen LogP contribution in [0.5, 0.6) is 0 Å². The van der Waals surface area contributed by atoms with Gasteiger partial charge < -0.3 is 10.3 Å². The first-order valence-corrected chi connectivity index (χ1v) is 6.90. The molecule has 0 aromatic carbocycles. The summed E-state index contributed by atoms with van der Waals surface area (Å²) in [6, 6.07) is 0.716. The van der Waals surface area contributed by atoms with Gasteiger partial charge in [0.1, 0.15) is 5.82 Å². The maximum absolute atomic E-state index is 6.37. The third-order valence-corrected chi connectivity index (χ3v) is 4.01. The van der Waals surface area contributed by atoms with Gasteiger partial charge in [-0.1, -0.05) is 20.8 Å². The monoisotopic (exact) mass is 235 g/mol. The van der Waals surface area contributed by atoms with Crippen LogP contribution in [-0.4, -0.2) is 15.6 Å². The lowest BCUT2D eigenvalue weighted by molar-refractivity contribution is 0.175. The Bertz CT molecular complexity index is 346. The lowest BCUT2D eigenvalue weighted by atomic mass is 9.77. The Labute approximate surface area is 104 Å². The first-order valence-electron chi connectivity index (χ1n) is 6.90. The molecule has 1 heterocycles. The molecule has 1 aliphatic carbocycles. The van der Waals surface area contributed by atoms with E-state index in [1.54, 1.807) is 0 Å². The second kappa shape index (κ2) is 5.21. The molecule has 4 atom stereocenters. The summed E-state index contributed by atoms with van der Waals surface area (Å²) in [5, 5.41) is 0. The summed E-state index contributed by atoms with van der Waals surface area (Å²) in [6.45, 7) is 6.84. The molecule has 0 spiro atoms. The van der Waals surface area contributed by atoms with Crippen LogP contribution in [0.4, 0.5) is 0 Å². The van der Waals surface area contributed by atoms with E-state index < -0.39 is 0 Å². The number of aryl methyl sites for hydroxylation is 1. The van der Waals surface area contributed by atoms with Crippen molar-refractivity contribution in [3.8, 4) is 0 Å². The lowest BCUT2D eigenvalue weighted by Gasteiger charge is -2.39. The van der Waals surface area contributed by atoms with Crippen molar-refractivity contribution in [3.63, 3.8) is 0 Å². The number of hydrogen-bond donors (Lipinski definition) is 1. The summed E-state index contributed by atoms with van der Waals surface area (Å²) in [6.07, 6.45) is 8.65. The third kappa shape index (κ3) is 2.54. The molecule has 3 nitrogen and oxygen atoms in total. The van der Waals surface area contributed by atoms with Crippen LogP contribution in [0, 0.1) is 11.8 Å². The highest BCUT2D eigenvalue weighted by molar-refractivity contribution is 5.01. The molecule has 17 heavy (non-hydrogen) atoms. The summed E-state index contributed by atoms with van der Waals surface area (Å²) in [4.78, 5) is 4.48. The fourth-order valence-corrected chi connectivity index (χ4v) is 3.41. The second-order valence-corrected chi connectivity index (χ2v) is 5.71. The minimum absolute atomic E-state index is 0.276. The van der Waals surface area contributed by atoms with Gasteiger partial charge in [0.05, 0.1) is 6.04 Å². The van der Waals surface area contributed by atoms with Crippen molar-refractivity contribution in [1.29, 1.82) is 0 Å². The predicted octanol–water partition coefficient (Wildman–Crippen LogP) is 2.77. The van der Waals surface area contributed by atoms with E-state index in [1.165, 1.54) is 12.2 Å². The first kappa shape index (κ1) is 12.6. The molecular formula is C14H25N3. The van der Waals surface area contributed by atoms with E-state index in [0.29, 0.717) is 12.0 Å². The van der Waals surface area contributed by atoms with Crippen LogP contribution in [0.1, 0.15) is 51.9 Å². The molecule has 4 unspecified atom stereocenters. The van der Waals surface area contributed by atoms with Crippen molar-refractivity contribution in [2.75, 3.05) is 0 Å². The van der Waals surface area contributed by atoms with E-state index in [9.17, 15) is 0 Å². The van der Waals surface area contributed by atoms with Gasteiger partial charge in [0.25, 0.3) is 0 Å². The molecule has 3 heteroatoms. The highest BCUT2D eigenvalue weighted by Crippen LogP contribution is 2.36. The number of nitrogens with two attached hydrogens (primary N) is 1. The quantitative estimate of drug-likeness (QED) is 0.875. The van der Waals surface area contributed by atoms with Gasteiger partial charge in [-0.3, -0.25) is 0 Å². The molecule has 2 N–H and O–H groups in total. The fraction of sp³-hybridized carbons (Fsp3) is 0.786. The number of nitrogens with zero attached hydrogens (tertiary/aromatic N) is 2. The Morgan fingerprint density at radius 2 is 2.18 bits per heavy atom. The minimum atomic E-state index is 0.276. The minimum Gasteiger partial charge on any atom is -0.330 e. The van der Waals surface area contributed by atoms with Gasteiger partial charge in [-0.15, -0.1) is 0 Å². The van der Waals surface area contributed by atoms with Crippen LogP contribution in [0.2, 0.25) is 0 Å². The Morgan fingerprint density at radius 1 is 1.41 bits per heavy atom. The molecule has 2 rings (SSSR count). The molecule has 96 valence electrons. The maximum Gasteiger partial charge on any atom is 0.108 e. The van der Waals surface area contributed by atoms with Gasteiger partial charge in [-0.2, -0.15) is 0 Å². The molecule has 0 aliphatic heterocycles. The second-order valence-electron chi connectivity index (χ2n) is 5.71. The van der Waals surface area contributed by atoms with Crippen LogP contribution >= 0.6 is 0 Å². The molecule has 0 saturated heterocycles. The van der Waals surface area contributed by atoms with Gasteiger partial charge in [-0.25, -0.2) is 4.98 Å². The number of imidazole rings is 1. The van der Waals surface area contributed by atoms with Crippen molar-refractivity contribution in [3.05, 3.63) is 18.2 Å². The summed E-state index contributed by atoms with van der Waals surface area (Å²) in [5.41, 5.74) is 6.37. The average molecular weight is 235 g/mol. The van der Waals surface area contributed by atoms with Crippen LogP contribution in [0.25, 0.3) is 0 Å². The zero-order chi connectivity index (χ0) is 12.4. The molecule has 0 bridgehead atoms. The molecule has 1 aliphatic rings. The van der Waals surface area contributed by atoms with Crippen molar-refractivity contribution in [1.82, 2.24) is 9.55 Å². The van der Waals surface area contributed by atoms with Crippen molar-refractivity contribution in [2.45, 2.75) is 58.5 Å². The zero-order valence-corrected chi connectivity index (χ0v) is 11.3. The standard InChI is InChI=1S/C14H25N3/c1-4-5-13-16-6-7-17(13)14-11(3)8-10(2)9-12(14)15/h6-7,10-12,14H,4-5,8-9,15H2,1-3H3. The smallest absolute Gasteiger partial charge is 0.108 e. The number of aromatic nitrogens is 2. The molecule has 1 fully saturated rings. The van der Waals surface area contributed by atoms with E-state index in [-0.39, 0.29) is 6.04 Å². The highest BCUT2D eigenvalue weighted by Gasteiger charge is 2.33. The first-order chi connectivity index (χ1) is 8.13. The average Bonchev–Trinajstić information content (AvgIpc) is 2.65. The van der Waals surface area contributed by atoms with Gasteiger partial charge in [0.2, 0.25) is 0 Å². The number of hydrogen-bond acceptors (Lipinski definition) is 2. The summed E-state index contributed by atoms with van der Waals surface area (Å²) >= 11 is 0. The fourth-order valence-electron chi connectivity index (χ4n) is 3.41. The largest absolute Gasteiger partial charge is 0.330 e. The Kier molecular flexibility index (Phi) is 3.87. The van der Waals surface area contributed by atoms with Crippen LogP contribution in [0.15, 0.2) is 12.4 Å². The summed E-state index contributed by atoms with van der Waals surface area (Å²) < 4.78 is 2.34. The van der Waals surface area contributed by atoms with Gasteiger partial charge in [-0.05, 0) is 31.1 Å². The topological polar surface area (TPSA) is 43.8 Å². The molecule has 1 saturated carbocycles. The lowest BCUT2D eigenvalue weighted by Crippen LogP contribution is -2.42. The zero-order valence-electron chi connectivity index (χ0n) is 11.3. The van der Waals surface area contributed by atoms with Crippen molar-refractivity contribution >= 4 is 0 Å². The molecule has 1 aromatic heterocycles. The predicted molar refractivity (Wildman–Crippen MR) is 70.8 cm³/mol. The Balaban J connectivity index is 2.22. The van der Waals surface area contributed by atoms with Crippen molar-refractivity contribution in [2.24, 2.45) is 17.6 Å². The molecular weight excluding hydrogens is 210 g/mol. The summed E-state index contributed by atoms with van der Waals surface area (Å²) in [5.74, 6) is 2.61. The van der Waals surface area contributed by atoms with E-state index in [1.807, 2.05) is 6.20 Å². The molecule has 0 radical (unpaired) electrons. The van der Waals surface area contributed by atoms with Crippen LogP contribution in [0.3, 0.4) is 0 Å². The summed E-state index contributed by atoms with van der Waals surface area (Å²) in [7, 11) is 0. The van der Waals surface area contributed by atoms with E-state index in [4.69, 9.17) is 5.73 Å².